The van der Waals surface area contributed by atoms with E-state index in [1.54, 1.807) is 0 Å². The predicted molar refractivity (Wildman–Crippen MR) is 53.9 cm³/mol. The highest BCUT2D eigenvalue weighted by atomic mass is 16.5. The first-order valence-corrected chi connectivity index (χ1v) is 4.68. The zero-order chi connectivity index (χ0) is 11.9. The molecule has 0 saturated carbocycles. The van der Waals surface area contributed by atoms with Crippen molar-refractivity contribution in [3.63, 3.8) is 0 Å². The van der Waals surface area contributed by atoms with Crippen LogP contribution >= 0.6 is 0 Å². The van der Waals surface area contributed by atoms with Crippen molar-refractivity contribution in [2.24, 2.45) is 0 Å². The largest absolute Gasteiger partial charge is 0.480 e. The summed E-state index contributed by atoms with van der Waals surface area (Å²) in [6.45, 7) is 0. The van der Waals surface area contributed by atoms with Gasteiger partial charge < -0.3 is 15.6 Å². The summed E-state index contributed by atoms with van der Waals surface area (Å²) in [4.78, 5) is 26.7. The van der Waals surface area contributed by atoms with E-state index >= 15 is 0 Å². The molecule has 7 heteroatoms. The number of methoxy groups -OCH3 is 1. The minimum absolute atomic E-state index is 0.0632. The molecule has 0 saturated heterocycles. The summed E-state index contributed by atoms with van der Waals surface area (Å²) < 4.78 is 6.18. The number of nitrogen functional groups attached to an aromatic ring is 1. The number of anilines is 1. The molecule has 0 aliphatic carbocycles. The maximum Gasteiger partial charge on any atom is 0.326 e. The number of carboxylic acids is 1. The van der Waals surface area contributed by atoms with Crippen LogP contribution in [-0.2, 0) is 9.53 Å². The molecule has 1 aliphatic rings. The van der Waals surface area contributed by atoms with Gasteiger partial charge in [0.15, 0.2) is 0 Å². The van der Waals surface area contributed by atoms with Crippen LogP contribution in [0.15, 0.2) is 11.0 Å². The molecule has 0 fully saturated rings. The second kappa shape index (κ2) is 3.60. The van der Waals surface area contributed by atoms with E-state index in [-0.39, 0.29) is 12.1 Å². The summed E-state index contributed by atoms with van der Waals surface area (Å²) in [5.74, 6) is -0.774. The number of aromatic nitrogens is 2. The van der Waals surface area contributed by atoms with Crippen LogP contribution in [0.5, 0.6) is 0 Å². The van der Waals surface area contributed by atoms with Crippen LogP contribution < -0.4 is 11.3 Å². The van der Waals surface area contributed by atoms with Crippen LogP contribution in [-0.4, -0.2) is 27.7 Å². The zero-order valence-electron chi connectivity index (χ0n) is 8.58. The Labute approximate surface area is 90.5 Å². The third-order valence-electron chi connectivity index (χ3n) is 2.66. The summed E-state index contributed by atoms with van der Waals surface area (Å²) in [6.07, 6.45) is 0.941. The van der Waals surface area contributed by atoms with Gasteiger partial charge in [-0.25, -0.2) is 9.78 Å². The molecular weight excluding hydrogens is 214 g/mol. The second-order valence-electron chi connectivity index (χ2n) is 3.56. The van der Waals surface area contributed by atoms with Crippen molar-refractivity contribution in [2.75, 3.05) is 12.8 Å². The Morgan fingerprint density at radius 1 is 1.75 bits per heavy atom. The van der Waals surface area contributed by atoms with Gasteiger partial charge in [0, 0.05) is 13.5 Å². The minimum atomic E-state index is -1.09. The highest BCUT2D eigenvalue weighted by Gasteiger charge is 2.37. The van der Waals surface area contributed by atoms with E-state index in [0.29, 0.717) is 5.82 Å². The number of fused-ring (bicyclic) bond motifs is 1. The number of hydrogen-bond donors (Lipinski definition) is 2. The minimum Gasteiger partial charge on any atom is -0.480 e. The molecule has 16 heavy (non-hydrogen) atoms. The van der Waals surface area contributed by atoms with Crippen LogP contribution in [0.25, 0.3) is 0 Å². The van der Waals surface area contributed by atoms with E-state index in [4.69, 9.17) is 15.6 Å². The Hall–Kier alpha value is -1.89. The number of nitrogens with zero attached hydrogens (tertiary/aromatic N) is 2. The fraction of sp³-hybridized carbons (Fsp3) is 0.444. The van der Waals surface area contributed by atoms with Crippen molar-refractivity contribution < 1.29 is 14.6 Å². The van der Waals surface area contributed by atoms with E-state index in [2.05, 4.69) is 4.98 Å². The van der Waals surface area contributed by atoms with E-state index in [0.717, 1.165) is 4.57 Å². The molecule has 2 unspecified atom stereocenters. The van der Waals surface area contributed by atoms with Gasteiger partial charge in [0.2, 0.25) is 0 Å². The van der Waals surface area contributed by atoms with Gasteiger partial charge in [-0.05, 0) is 0 Å². The molecular formula is C9H11N3O4. The lowest BCUT2D eigenvalue weighted by atomic mass is 10.2. The molecule has 0 radical (unpaired) electrons. The van der Waals surface area contributed by atoms with E-state index in [1.807, 2.05) is 0 Å². The molecule has 2 atom stereocenters. The van der Waals surface area contributed by atoms with Gasteiger partial charge in [-0.2, -0.15) is 0 Å². The number of carboxylic acid groups (broad SMARTS) is 1. The number of carbonyl (C=O) groups is 1. The number of rotatable bonds is 2. The monoisotopic (exact) mass is 225 g/mol. The SMILES string of the molecule is COC1CC(C(=O)O)n2c1ncc(N)c2=O. The molecule has 3 N–H and O–H groups in total. The van der Waals surface area contributed by atoms with Crippen LogP contribution in [0.1, 0.15) is 24.4 Å². The lowest BCUT2D eigenvalue weighted by molar-refractivity contribution is -0.141. The molecule has 0 spiro atoms. The van der Waals surface area contributed by atoms with Gasteiger partial charge in [-0.15, -0.1) is 0 Å². The maximum absolute atomic E-state index is 11.7. The summed E-state index contributed by atoms with van der Waals surface area (Å²) in [5.41, 5.74) is 4.82. The average molecular weight is 225 g/mol. The van der Waals surface area contributed by atoms with Crippen LogP contribution in [0.4, 0.5) is 5.69 Å². The predicted octanol–water partition coefficient (Wildman–Crippen LogP) is -0.458. The topological polar surface area (TPSA) is 107 Å². The van der Waals surface area contributed by atoms with Gasteiger partial charge in [-0.3, -0.25) is 9.36 Å². The van der Waals surface area contributed by atoms with Gasteiger partial charge in [-0.1, -0.05) is 0 Å². The highest BCUT2D eigenvalue weighted by molar-refractivity contribution is 5.72. The maximum atomic E-state index is 11.7. The van der Waals surface area contributed by atoms with Crippen molar-refractivity contribution in [3.8, 4) is 0 Å². The Bertz CT molecular complexity index is 496. The zero-order valence-corrected chi connectivity index (χ0v) is 8.58. The Morgan fingerprint density at radius 3 is 3.00 bits per heavy atom. The van der Waals surface area contributed by atoms with Gasteiger partial charge in [0.1, 0.15) is 23.7 Å². The normalized spacial score (nSPS) is 23.1. The number of nitrogens with two attached hydrogens (primary N) is 1. The molecule has 0 aromatic carbocycles. The molecule has 1 aromatic heterocycles. The number of aliphatic carboxylic acids is 1. The number of hydrogen-bond acceptors (Lipinski definition) is 5. The fourth-order valence-corrected chi connectivity index (χ4v) is 1.86. The summed E-state index contributed by atoms with van der Waals surface area (Å²) in [6, 6.07) is -0.955. The molecule has 7 nitrogen and oxygen atoms in total. The van der Waals surface area contributed by atoms with Crippen LogP contribution in [0.2, 0.25) is 0 Å². The Morgan fingerprint density at radius 2 is 2.44 bits per heavy atom. The molecule has 0 bridgehead atoms. The quantitative estimate of drug-likeness (QED) is 0.705. The van der Waals surface area contributed by atoms with Gasteiger partial charge in [0.05, 0.1) is 6.20 Å². The summed E-state index contributed by atoms with van der Waals surface area (Å²) >= 11 is 0. The van der Waals surface area contributed by atoms with Gasteiger partial charge in [0.25, 0.3) is 5.56 Å². The van der Waals surface area contributed by atoms with Crippen molar-refractivity contribution in [2.45, 2.75) is 18.6 Å². The molecule has 2 heterocycles. The number of ether oxygens (including phenoxy) is 1. The third-order valence-corrected chi connectivity index (χ3v) is 2.66. The standard InChI is InChI=1S/C9H11N3O4/c1-16-6-2-5(9(14)15)12-7(6)11-3-4(10)8(12)13/h3,5-6H,2,10H2,1H3,(H,14,15). The van der Waals surface area contributed by atoms with E-state index in [1.165, 1.54) is 13.3 Å². The Balaban J connectivity index is 2.63. The third kappa shape index (κ3) is 1.36. The first-order chi connectivity index (χ1) is 7.56. The van der Waals surface area contributed by atoms with E-state index in [9.17, 15) is 9.59 Å². The van der Waals surface area contributed by atoms with Crippen molar-refractivity contribution in [1.29, 1.82) is 0 Å². The first kappa shape index (κ1) is 10.6. The molecule has 86 valence electrons. The van der Waals surface area contributed by atoms with Gasteiger partial charge >= 0.3 is 5.97 Å². The highest BCUT2D eigenvalue weighted by Crippen LogP contribution is 2.33. The fourth-order valence-electron chi connectivity index (χ4n) is 1.86. The van der Waals surface area contributed by atoms with Crippen LogP contribution in [0.3, 0.4) is 0 Å². The molecule has 1 aromatic rings. The first-order valence-electron chi connectivity index (χ1n) is 4.68. The lowest BCUT2D eigenvalue weighted by Gasteiger charge is -2.08. The lowest BCUT2D eigenvalue weighted by Crippen LogP contribution is -2.29. The summed E-state index contributed by atoms with van der Waals surface area (Å²) in [7, 11) is 1.45. The van der Waals surface area contributed by atoms with Crippen molar-refractivity contribution >= 4 is 11.7 Å². The summed E-state index contributed by atoms with van der Waals surface area (Å²) in [5, 5.41) is 9.00. The van der Waals surface area contributed by atoms with Crippen LogP contribution in [0, 0.1) is 0 Å². The average Bonchev–Trinajstić information content (AvgIpc) is 2.62. The Kier molecular flexibility index (Phi) is 2.39. The second-order valence-corrected chi connectivity index (χ2v) is 3.56. The molecule has 0 amide bonds. The smallest absolute Gasteiger partial charge is 0.326 e. The molecule has 2 rings (SSSR count). The van der Waals surface area contributed by atoms with Crippen molar-refractivity contribution in [3.05, 3.63) is 22.4 Å². The molecule has 1 aliphatic heterocycles. The van der Waals surface area contributed by atoms with E-state index < -0.39 is 23.7 Å². The van der Waals surface area contributed by atoms with Crippen molar-refractivity contribution in [1.82, 2.24) is 9.55 Å².